The fourth-order valence-corrected chi connectivity index (χ4v) is 5.30. The van der Waals surface area contributed by atoms with E-state index in [-0.39, 0.29) is 17.5 Å². The monoisotopic (exact) mass is 601 g/mol. The molecular weight excluding hydrogens is 569 g/mol. The molecule has 226 valence electrons. The van der Waals surface area contributed by atoms with Gasteiger partial charge in [-0.15, -0.1) is 0 Å². The van der Waals surface area contributed by atoms with Gasteiger partial charge in [0.1, 0.15) is 22.8 Å². The molecule has 3 aromatic carbocycles. The summed E-state index contributed by atoms with van der Waals surface area (Å²) in [5.41, 5.74) is 6.82. The summed E-state index contributed by atoms with van der Waals surface area (Å²) in [7, 11) is 0. The predicted molar refractivity (Wildman–Crippen MR) is 170 cm³/mol. The number of aromatic nitrogens is 2. The van der Waals surface area contributed by atoms with Gasteiger partial charge < -0.3 is 14.6 Å². The molecule has 1 aliphatic rings. The molecule has 1 saturated heterocycles. The molecule has 6 aromatic rings. The zero-order chi connectivity index (χ0) is 31.2. The highest BCUT2D eigenvalue weighted by atomic mass is 19.1. The molecule has 0 bridgehead atoms. The summed E-state index contributed by atoms with van der Waals surface area (Å²) in [4.78, 5) is 21.7. The molecule has 3 aromatic heterocycles. The zero-order valence-electron chi connectivity index (χ0n) is 24.5. The van der Waals surface area contributed by atoms with Gasteiger partial charge in [-0.25, -0.2) is 9.37 Å². The van der Waals surface area contributed by atoms with Gasteiger partial charge in [-0.05, 0) is 53.1 Å². The first-order valence-electron chi connectivity index (χ1n) is 14.7. The van der Waals surface area contributed by atoms with Gasteiger partial charge in [0, 0.05) is 49.9 Å². The van der Waals surface area contributed by atoms with Gasteiger partial charge in [-0.2, -0.15) is 0 Å². The lowest BCUT2D eigenvalue weighted by Gasteiger charge is -2.36. The highest BCUT2D eigenvalue weighted by molar-refractivity contribution is 5.79. The van der Waals surface area contributed by atoms with Crippen LogP contribution in [0, 0.1) is 11.7 Å². The fraction of sp³-hybridized carbons (Fsp3) is 0.162. The number of aromatic hydroxyl groups is 1. The minimum atomic E-state index is -0.775. The van der Waals surface area contributed by atoms with E-state index < -0.39 is 5.97 Å². The molecule has 0 unspecified atom stereocenters. The van der Waals surface area contributed by atoms with E-state index in [0.717, 1.165) is 29.8 Å². The number of carboxylic acid groups (broad SMARTS) is 1. The van der Waals surface area contributed by atoms with Crippen LogP contribution in [0.4, 0.5) is 4.39 Å². The van der Waals surface area contributed by atoms with E-state index in [4.69, 9.17) is 14.6 Å². The third kappa shape index (κ3) is 7.60. The summed E-state index contributed by atoms with van der Waals surface area (Å²) in [6.45, 7) is 1.53. The Kier molecular flexibility index (Phi) is 8.94. The Hall–Kier alpha value is -5.34. The number of benzene rings is 3. The molecule has 1 aliphatic heterocycles. The lowest BCUT2D eigenvalue weighted by molar-refractivity contribution is -0.147. The summed E-state index contributed by atoms with van der Waals surface area (Å²) in [6, 6.07) is 34.4. The van der Waals surface area contributed by atoms with Crippen molar-refractivity contribution in [1.29, 1.82) is 0 Å². The number of pyridine rings is 2. The van der Waals surface area contributed by atoms with Crippen LogP contribution in [0.2, 0.25) is 0 Å². The first kappa shape index (κ1) is 29.7. The van der Waals surface area contributed by atoms with Crippen molar-refractivity contribution in [3.63, 3.8) is 0 Å². The van der Waals surface area contributed by atoms with Crippen molar-refractivity contribution < 1.29 is 23.8 Å². The number of fused-ring (bicyclic) bond motifs is 1. The zero-order valence-corrected chi connectivity index (χ0v) is 24.5. The van der Waals surface area contributed by atoms with Crippen molar-refractivity contribution in [2.45, 2.75) is 19.4 Å². The molecule has 0 atom stereocenters. The number of nitrogens with zero attached hydrogens (tertiary/aromatic N) is 3. The van der Waals surface area contributed by atoms with Crippen molar-refractivity contribution in [3.8, 4) is 17.1 Å². The molecule has 45 heavy (non-hydrogen) atoms. The molecule has 0 aliphatic carbocycles. The van der Waals surface area contributed by atoms with Crippen molar-refractivity contribution in [1.82, 2.24) is 14.9 Å². The predicted octanol–water partition coefficient (Wildman–Crippen LogP) is 7.12. The molecule has 7 nitrogen and oxygen atoms in total. The number of aliphatic carboxylic acids is 1. The maximum Gasteiger partial charge on any atom is 0.309 e. The van der Waals surface area contributed by atoms with Crippen molar-refractivity contribution in [3.05, 3.63) is 149 Å². The van der Waals surface area contributed by atoms with Crippen LogP contribution in [0.1, 0.15) is 28.1 Å². The third-order valence-corrected chi connectivity index (χ3v) is 7.71. The number of carboxylic acids is 1. The molecule has 8 heteroatoms. The minimum absolute atomic E-state index is 0.210. The smallest absolute Gasteiger partial charge is 0.309 e. The Balaban J connectivity index is 0.000000213. The van der Waals surface area contributed by atoms with E-state index >= 15 is 0 Å². The van der Waals surface area contributed by atoms with Crippen LogP contribution in [0.5, 0.6) is 5.75 Å². The molecule has 0 radical (unpaired) electrons. The van der Waals surface area contributed by atoms with Gasteiger partial charge in [0.05, 0.1) is 17.7 Å². The van der Waals surface area contributed by atoms with E-state index in [9.17, 15) is 9.18 Å². The van der Waals surface area contributed by atoms with Crippen LogP contribution < -0.4 is 0 Å². The summed E-state index contributed by atoms with van der Waals surface area (Å²) >= 11 is 0. The highest BCUT2D eigenvalue weighted by Crippen LogP contribution is 2.30. The van der Waals surface area contributed by atoms with Crippen LogP contribution in [-0.2, 0) is 24.2 Å². The van der Waals surface area contributed by atoms with Gasteiger partial charge in [0.2, 0.25) is 0 Å². The Morgan fingerprint density at radius 3 is 2.11 bits per heavy atom. The van der Waals surface area contributed by atoms with E-state index in [2.05, 4.69) is 34.2 Å². The number of likely N-dealkylation sites (tertiary alicyclic amines) is 1. The summed E-state index contributed by atoms with van der Waals surface area (Å²) in [6.07, 6.45) is 3.00. The van der Waals surface area contributed by atoms with E-state index in [1.807, 2.05) is 65.6 Å². The lowest BCUT2D eigenvalue weighted by Crippen LogP contribution is -2.49. The molecule has 0 amide bonds. The van der Waals surface area contributed by atoms with Gasteiger partial charge in [0.15, 0.2) is 5.58 Å². The van der Waals surface area contributed by atoms with Crippen LogP contribution >= 0.6 is 0 Å². The summed E-state index contributed by atoms with van der Waals surface area (Å²) < 4.78 is 20.7. The van der Waals surface area contributed by atoms with Crippen molar-refractivity contribution in [2.24, 2.45) is 5.92 Å². The number of halogens is 1. The van der Waals surface area contributed by atoms with Gasteiger partial charge in [-0.1, -0.05) is 66.7 Å². The summed E-state index contributed by atoms with van der Waals surface area (Å²) in [5, 5.41) is 18.0. The lowest BCUT2D eigenvalue weighted by atomic mass is 9.99. The molecule has 4 heterocycles. The number of carbonyl (C=O) groups is 1. The number of hydrogen-bond acceptors (Lipinski definition) is 6. The Morgan fingerprint density at radius 1 is 0.822 bits per heavy atom. The number of furan rings is 1. The topological polar surface area (TPSA) is 99.7 Å². The van der Waals surface area contributed by atoms with E-state index in [1.54, 1.807) is 18.2 Å². The average Bonchev–Trinajstić information content (AvgIpc) is 3.44. The van der Waals surface area contributed by atoms with Crippen LogP contribution in [-0.4, -0.2) is 44.1 Å². The van der Waals surface area contributed by atoms with Gasteiger partial charge in [0.25, 0.3) is 0 Å². The SMILES string of the molecule is O=C(O)C1CN(Cc2ccc(-c3cc4nc(Cc5ccccc5)ccc4o3)c(F)c2)C1.Oc1ccc(Cc2ccccc2)nc1. The van der Waals surface area contributed by atoms with Crippen molar-refractivity contribution >= 4 is 17.1 Å². The van der Waals surface area contributed by atoms with Crippen LogP contribution in [0.15, 0.2) is 120 Å². The normalized spacial score (nSPS) is 13.2. The Bertz CT molecular complexity index is 1890. The molecule has 7 rings (SSSR count). The largest absolute Gasteiger partial charge is 0.506 e. The second kappa shape index (κ2) is 13.5. The van der Waals surface area contributed by atoms with Gasteiger partial charge in [-0.3, -0.25) is 14.7 Å². The summed E-state index contributed by atoms with van der Waals surface area (Å²) in [5.74, 6) is -0.807. The number of hydrogen-bond donors (Lipinski definition) is 2. The third-order valence-electron chi connectivity index (χ3n) is 7.71. The molecule has 0 spiro atoms. The molecule has 0 saturated carbocycles. The van der Waals surface area contributed by atoms with Crippen LogP contribution in [0.3, 0.4) is 0 Å². The quantitative estimate of drug-likeness (QED) is 0.192. The minimum Gasteiger partial charge on any atom is -0.506 e. The first-order valence-corrected chi connectivity index (χ1v) is 14.7. The first-order chi connectivity index (χ1) is 21.9. The van der Waals surface area contributed by atoms with E-state index in [0.29, 0.717) is 42.1 Å². The standard InChI is InChI=1S/C25H21FN2O3.C12H11NO/c26-21-11-17(13-28-14-18(15-28)25(29)30)6-8-20(21)24-12-22-23(31-24)9-7-19(27-22)10-16-4-2-1-3-5-16;14-12-7-6-11(13-9-12)8-10-4-2-1-3-5-10/h1-9,11-12,18H,10,13-15H2,(H,29,30);1-7,9,14H,8H2. The molecular formula is C37H32FN3O4. The number of rotatable bonds is 8. The second-order valence-corrected chi connectivity index (χ2v) is 11.2. The Labute approximate surface area is 260 Å². The van der Waals surface area contributed by atoms with E-state index in [1.165, 1.54) is 23.4 Å². The highest BCUT2D eigenvalue weighted by Gasteiger charge is 2.32. The maximum atomic E-state index is 14.8. The second-order valence-electron chi connectivity index (χ2n) is 11.2. The Morgan fingerprint density at radius 2 is 1.49 bits per heavy atom. The van der Waals surface area contributed by atoms with Crippen LogP contribution in [0.25, 0.3) is 22.4 Å². The molecule has 1 fully saturated rings. The average molecular weight is 602 g/mol. The fourth-order valence-electron chi connectivity index (χ4n) is 5.30. The molecule has 2 N–H and O–H groups in total. The maximum absolute atomic E-state index is 14.8. The van der Waals surface area contributed by atoms with Gasteiger partial charge >= 0.3 is 5.97 Å². The van der Waals surface area contributed by atoms with Crippen molar-refractivity contribution in [2.75, 3.05) is 13.1 Å².